The number of benzene rings is 2. The fourth-order valence-corrected chi connectivity index (χ4v) is 5.33. The van der Waals surface area contributed by atoms with Crippen LogP contribution in [0.4, 0.5) is 0 Å². The maximum absolute atomic E-state index is 12.6. The van der Waals surface area contributed by atoms with Crippen molar-refractivity contribution < 1.29 is 23.1 Å². The molecule has 1 heterocycles. The van der Waals surface area contributed by atoms with E-state index in [2.05, 4.69) is 10.0 Å². The predicted molar refractivity (Wildman–Crippen MR) is 119 cm³/mol. The molecule has 0 radical (unpaired) electrons. The molecule has 0 aliphatic carbocycles. The summed E-state index contributed by atoms with van der Waals surface area (Å²) in [6.07, 6.45) is 0.754. The first-order chi connectivity index (χ1) is 14.8. The molecule has 10 heteroatoms. The average Bonchev–Trinajstić information content (AvgIpc) is 2.74. The molecule has 1 fully saturated rings. The standard InChI is InChI=1S/C21H24Cl2N2O5S/c22-15-10-14(11-16(23)12-15)21(27)24-9-8-17-6-7-19(20(13-26)30-17)25-31(28,29)18-4-2-1-3-5-18/h1-5,10-12,17,19-20,25-26H,6-9,13H2,(H,24,27)/t17-,19+,20+/m0/s1. The Morgan fingerprint density at radius 3 is 2.42 bits per heavy atom. The van der Waals surface area contributed by atoms with Gasteiger partial charge in [-0.15, -0.1) is 0 Å². The fraction of sp³-hybridized carbons (Fsp3) is 0.381. The summed E-state index contributed by atoms with van der Waals surface area (Å²) in [5.41, 5.74) is 0.366. The Balaban J connectivity index is 1.51. The first-order valence-corrected chi connectivity index (χ1v) is 12.1. The smallest absolute Gasteiger partial charge is 0.251 e. The number of halogens is 2. The second kappa shape index (κ2) is 10.8. The Kier molecular flexibility index (Phi) is 8.32. The van der Waals surface area contributed by atoms with E-state index in [4.69, 9.17) is 27.9 Å². The van der Waals surface area contributed by atoms with Gasteiger partial charge in [-0.1, -0.05) is 41.4 Å². The summed E-state index contributed by atoms with van der Waals surface area (Å²) in [5, 5.41) is 13.3. The molecule has 1 saturated heterocycles. The van der Waals surface area contributed by atoms with Gasteiger partial charge in [0, 0.05) is 22.2 Å². The first-order valence-electron chi connectivity index (χ1n) is 9.86. The van der Waals surface area contributed by atoms with Crippen molar-refractivity contribution in [3.05, 3.63) is 64.1 Å². The molecule has 3 atom stereocenters. The van der Waals surface area contributed by atoms with Crippen molar-refractivity contribution in [2.45, 2.75) is 42.4 Å². The summed E-state index contributed by atoms with van der Waals surface area (Å²) in [6.45, 7) is 0.0397. The molecule has 168 valence electrons. The van der Waals surface area contributed by atoms with Crippen molar-refractivity contribution in [3.63, 3.8) is 0 Å². The zero-order chi connectivity index (χ0) is 22.4. The number of carbonyl (C=O) groups is 1. The van der Waals surface area contributed by atoms with Crippen LogP contribution in [-0.4, -0.2) is 50.8 Å². The van der Waals surface area contributed by atoms with Gasteiger partial charge in [0.2, 0.25) is 10.0 Å². The minimum absolute atomic E-state index is 0.164. The third-order valence-electron chi connectivity index (χ3n) is 5.03. The van der Waals surface area contributed by atoms with Crippen molar-refractivity contribution in [2.24, 2.45) is 0 Å². The summed E-state index contributed by atoms with van der Waals surface area (Å²) in [5.74, 6) is -0.299. The van der Waals surface area contributed by atoms with Crippen LogP contribution in [0.5, 0.6) is 0 Å². The number of rotatable bonds is 8. The van der Waals surface area contributed by atoms with Gasteiger partial charge in [-0.05, 0) is 49.6 Å². The van der Waals surface area contributed by atoms with Gasteiger partial charge in [-0.25, -0.2) is 13.1 Å². The van der Waals surface area contributed by atoms with E-state index in [1.165, 1.54) is 24.3 Å². The van der Waals surface area contributed by atoms with Crippen LogP contribution in [0.1, 0.15) is 29.6 Å². The van der Waals surface area contributed by atoms with Crippen LogP contribution in [0.2, 0.25) is 10.0 Å². The highest BCUT2D eigenvalue weighted by atomic mass is 35.5. The van der Waals surface area contributed by atoms with Crippen LogP contribution in [0, 0.1) is 0 Å². The number of carbonyl (C=O) groups excluding carboxylic acids is 1. The van der Waals surface area contributed by atoms with Crippen LogP contribution in [0.3, 0.4) is 0 Å². The molecular formula is C21H24Cl2N2O5S. The second-order valence-electron chi connectivity index (χ2n) is 7.30. The first kappa shape index (κ1) is 24.0. The maximum Gasteiger partial charge on any atom is 0.251 e. The lowest BCUT2D eigenvalue weighted by Crippen LogP contribution is -2.51. The van der Waals surface area contributed by atoms with Gasteiger partial charge < -0.3 is 15.2 Å². The monoisotopic (exact) mass is 486 g/mol. The van der Waals surface area contributed by atoms with Gasteiger partial charge in [0.05, 0.1) is 29.8 Å². The van der Waals surface area contributed by atoms with Crippen molar-refractivity contribution in [1.29, 1.82) is 0 Å². The van der Waals surface area contributed by atoms with Gasteiger partial charge in [-0.2, -0.15) is 0 Å². The summed E-state index contributed by atoms with van der Waals surface area (Å²) in [4.78, 5) is 12.4. The van der Waals surface area contributed by atoms with Crippen LogP contribution in [-0.2, 0) is 14.8 Å². The highest BCUT2D eigenvalue weighted by Gasteiger charge is 2.33. The lowest BCUT2D eigenvalue weighted by atomic mass is 9.98. The van der Waals surface area contributed by atoms with E-state index in [1.54, 1.807) is 24.3 Å². The topological polar surface area (TPSA) is 105 Å². The maximum atomic E-state index is 12.6. The number of amides is 1. The SMILES string of the molecule is O=C(NCC[C@@H]1CC[C@@H](NS(=O)(=O)c2ccccc2)[C@@H](CO)O1)c1cc(Cl)cc(Cl)c1. The predicted octanol–water partition coefficient (Wildman–Crippen LogP) is 3.00. The molecule has 31 heavy (non-hydrogen) atoms. The van der Waals surface area contributed by atoms with Crippen LogP contribution in [0.15, 0.2) is 53.4 Å². The summed E-state index contributed by atoms with van der Waals surface area (Å²) < 4.78 is 33.6. The normalized spacial score (nSPS) is 21.6. The molecule has 1 amide bonds. The molecule has 7 nitrogen and oxygen atoms in total. The molecule has 3 N–H and O–H groups in total. The van der Waals surface area contributed by atoms with E-state index >= 15 is 0 Å². The van der Waals surface area contributed by atoms with E-state index in [9.17, 15) is 18.3 Å². The highest BCUT2D eigenvalue weighted by molar-refractivity contribution is 7.89. The number of sulfonamides is 1. The highest BCUT2D eigenvalue weighted by Crippen LogP contribution is 2.24. The van der Waals surface area contributed by atoms with Gasteiger partial charge >= 0.3 is 0 Å². The average molecular weight is 487 g/mol. The van der Waals surface area contributed by atoms with Crippen LogP contribution in [0.25, 0.3) is 0 Å². The third kappa shape index (κ3) is 6.65. The van der Waals surface area contributed by atoms with Gasteiger partial charge in [0.15, 0.2) is 0 Å². The number of nitrogens with one attached hydrogen (secondary N) is 2. The molecule has 0 spiro atoms. The van der Waals surface area contributed by atoms with Gasteiger partial charge in [0.1, 0.15) is 0 Å². The molecule has 0 saturated carbocycles. The minimum Gasteiger partial charge on any atom is -0.394 e. The van der Waals surface area contributed by atoms with Crippen LogP contribution >= 0.6 is 23.2 Å². The van der Waals surface area contributed by atoms with Crippen molar-refractivity contribution in [3.8, 4) is 0 Å². The van der Waals surface area contributed by atoms with Gasteiger partial charge in [-0.3, -0.25) is 4.79 Å². The Labute approximate surface area is 191 Å². The van der Waals surface area contributed by atoms with Crippen molar-refractivity contribution in [2.75, 3.05) is 13.2 Å². The molecule has 1 aliphatic heterocycles. The molecule has 2 aromatic carbocycles. The van der Waals surface area contributed by atoms with E-state index < -0.39 is 22.2 Å². The second-order valence-corrected chi connectivity index (χ2v) is 9.89. The van der Waals surface area contributed by atoms with E-state index in [1.807, 2.05) is 0 Å². The Morgan fingerprint density at radius 1 is 1.10 bits per heavy atom. The van der Waals surface area contributed by atoms with E-state index in [0.29, 0.717) is 41.4 Å². The fourth-order valence-electron chi connectivity index (χ4n) is 3.48. The number of hydrogen-bond acceptors (Lipinski definition) is 5. The zero-order valence-electron chi connectivity index (χ0n) is 16.6. The molecular weight excluding hydrogens is 463 g/mol. The number of aliphatic hydroxyl groups is 1. The lowest BCUT2D eigenvalue weighted by Gasteiger charge is -2.36. The Bertz CT molecular complexity index is 984. The minimum atomic E-state index is -3.71. The molecule has 1 aliphatic rings. The Morgan fingerprint density at radius 2 is 1.77 bits per heavy atom. The largest absolute Gasteiger partial charge is 0.394 e. The number of aliphatic hydroxyl groups excluding tert-OH is 1. The third-order valence-corrected chi connectivity index (χ3v) is 6.97. The van der Waals surface area contributed by atoms with Crippen molar-refractivity contribution in [1.82, 2.24) is 10.0 Å². The van der Waals surface area contributed by atoms with Crippen LogP contribution < -0.4 is 10.0 Å². The molecule has 0 unspecified atom stereocenters. The molecule has 3 rings (SSSR count). The molecule has 0 aromatic heterocycles. The summed E-state index contributed by atoms with van der Waals surface area (Å²) in [7, 11) is -3.71. The quantitative estimate of drug-likeness (QED) is 0.531. The summed E-state index contributed by atoms with van der Waals surface area (Å²) in [6, 6.07) is 12.1. The lowest BCUT2D eigenvalue weighted by molar-refractivity contribution is -0.0871. The van der Waals surface area contributed by atoms with E-state index in [0.717, 1.165) is 0 Å². The van der Waals surface area contributed by atoms with Crippen molar-refractivity contribution >= 4 is 39.1 Å². The molecule has 2 aromatic rings. The van der Waals surface area contributed by atoms with E-state index in [-0.39, 0.29) is 23.5 Å². The van der Waals surface area contributed by atoms with Gasteiger partial charge in [0.25, 0.3) is 5.91 Å². The Hall–Kier alpha value is -1.68. The zero-order valence-corrected chi connectivity index (χ0v) is 19.0. The summed E-state index contributed by atoms with van der Waals surface area (Å²) >= 11 is 11.8. The number of ether oxygens (including phenoxy) is 1. The molecule has 0 bridgehead atoms. The number of hydrogen-bond donors (Lipinski definition) is 3.